The number of hydrogen-bond donors (Lipinski definition) is 1. The van der Waals surface area contributed by atoms with E-state index >= 15 is 0 Å². The van der Waals surface area contributed by atoms with Gasteiger partial charge in [-0.15, -0.1) is 11.3 Å². The van der Waals surface area contributed by atoms with Crippen molar-refractivity contribution in [2.75, 3.05) is 5.32 Å². The summed E-state index contributed by atoms with van der Waals surface area (Å²) in [5.41, 5.74) is 1.32. The number of thiazole rings is 1. The Hall–Kier alpha value is -2.21. The lowest BCUT2D eigenvalue weighted by Crippen LogP contribution is -2.17. The third-order valence-electron chi connectivity index (χ3n) is 2.67. The molecule has 0 saturated carbocycles. The number of hydrogen-bond acceptors (Lipinski definition) is 5. The summed E-state index contributed by atoms with van der Waals surface area (Å²) in [4.78, 5) is 26.9. The van der Waals surface area contributed by atoms with Crippen LogP contribution in [0.2, 0.25) is 0 Å². The molecule has 0 aliphatic rings. The molecular formula is C15H16N2O3S. The number of nitrogens with one attached hydrogen (secondary N) is 1. The topological polar surface area (TPSA) is 68.3 Å². The minimum atomic E-state index is -0.480. The van der Waals surface area contributed by atoms with Gasteiger partial charge in [0.15, 0.2) is 10.8 Å². The van der Waals surface area contributed by atoms with Crippen molar-refractivity contribution in [3.63, 3.8) is 0 Å². The maximum absolute atomic E-state index is 12.0. The van der Waals surface area contributed by atoms with Gasteiger partial charge in [0, 0.05) is 18.7 Å². The molecule has 110 valence electrons. The number of aromatic nitrogens is 1. The first kappa shape index (κ1) is 15.2. The number of esters is 1. The van der Waals surface area contributed by atoms with Crippen molar-refractivity contribution >= 4 is 28.3 Å². The number of amides is 1. The third kappa shape index (κ3) is 4.68. The van der Waals surface area contributed by atoms with E-state index in [9.17, 15) is 9.59 Å². The number of nitrogens with zero attached hydrogens (tertiary/aromatic N) is 1. The molecule has 5 nitrogen and oxygen atoms in total. The second kappa shape index (κ2) is 6.99. The Balaban J connectivity index is 1.91. The summed E-state index contributed by atoms with van der Waals surface area (Å²) in [6.45, 7) is 3.23. The van der Waals surface area contributed by atoms with E-state index in [0.29, 0.717) is 11.6 Å². The van der Waals surface area contributed by atoms with E-state index in [0.717, 1.165) is 5.56 Å². The monoisotopic (exact) mass is 304 g/mol. The zero-order valence-electron chi connectivity index (χ0n) is 11.8. The molecule has 0 saturated heterocycles. The van der Waals surface area contributed by atoms with Crippen LogP contribution < -0.4 is 5.32 Å². The van der Waals surface area contributed by atoms with E-state index in [2.05, 4.69) is 10.3 Å². The molecule has 2 aromatic rings. The van der Waals surface area contributed by atoms with Crippen molar-refractivity contribution in [1.29, 1.82) is 0 Å². The number of rotatable bonds is 5. The fraction of sp³-hybridized carbons (Fsp3) is 0.267. The molecular weight excluding hydrogens is 288 g/mol. The van der Waals surface area contributed by atoms with Gasteiger partial charge in [-0.1, -0.05) is 30.3 Å². The molecule has 1 aromatic carbocycles. The maximum atomic E-state index is 12.0. The van der Waals surface area contributed by atoms with Crippen molar-refractivity contribution in [2.24, 2.45) is 0 Å². The van der Waals surface area contributed by atoms with Crippen LogP contribution in [0.3, 0.4) is 0 Å². The standard InChI is InChI=1S/C15H16N2O3S/c1-10(8-12-6-4-3-5-7-12)20-14(19)13-9-21-15(17-13)16-11(2)18/h3-7,9-10H,8H2,1-2H3,(H,16,17,18)/t10-/m1/s1. The lowest BCUT2D eigenvalue weighted by Gasteiger charge is -2.12. The number of carbonyl (C=O) groups excluding carboxylic acids is 2. The van der Waals surface area contributed by atoms with Crippen molar-refractivity contribution in [2.45, 2.75) is 26.4 Å². The van der Waals surface area contributed by atoms with Crippen molar-refractivity contribution < 1.29 is 14.3 Å². The van der Waals surface area contributed by atoms with Crippen LogP contribution in [-0.2, 0) is 16.0 Å². The average molecular weight is 304 g/mol. The van der Waals surface area contributed by atoms with Crippen LogP contribution in [0.25, 0.3) is 0 Å². The number of benzene rings is 1. The molecule has 1 heterocycles. The van der Waals surface area contributed by atoms with Crippen LogP contribution in [0.4, 0.5) is 5.13 Å². The van der Waals surface area contributed by atoms with Crippen molar-refractivity contribution in [3.8, 4) is 0 Å². The predicted octanol–water partition coefficient (Wildman–Crippen LogP) is 2.89. The van der Waals surface area contributed by atoms with Crippen LogP contribution >= 0.6 is 11.3 Å². The fourth-order valence-corrected chi connectivity index (χ4v) is 2.53. The van der Waals surface area contributed by atoms with Crippen LogP contribution in [-0.4, -0.2) is 23.0 Å². The first-order valence-electron chi connectivity index (χ1n) is 6.52. The van der Waals surface area contributed by atoms with E-state index in [-0.39, 0.29) is 17.7 Å². The summed E-state index contributed by atoms with van der Waals surface area (Å²) in [6, 6.07) is 9.82. The first-order chi connectivity index (χ1) is 10.0. The lowest BCUT2D eigenvalue weighted by molar-refractivity contribution is -0.114. The highest BCUT2D eigenvalue weighted by molar-refractivity contribution is 7.14. The second-order valence-electron chi connectivity index (χ2n) is 4.62. The smallest absolute Gasteiger partial charge is 0.358 e. The Kier molecular flexibility index (Phi) is 5.05. The zero-order chi connectivity index (χ0) is 15.2. The van der Waals surface area contributed by atoms with E-state index < -0.39 is 5.97 Å². The summed E-state index contributed by atoms with van der Waals surface area (Å²) in [5.74, 6) is -0.701. The zero-order valence-corrected chi connectivity index (χ0v) is 12.6. The van der Waals surface area contributed by atoms with Crippen LogP contribution in [0.1, 0.15) is 29.9 Å². The summed E-state index contributed by atoms with van der Waals surface area (Å²) < 4.78 is 5.35. The average Bonchev–Trinajstić information content (AvgIpc) is 2.87. The Labute approximate surface area is 127 Å². The third-order valence-corrected chi connectivity index (χ3v) is 3.43. The Morgan fingerprint density at radius 2 is 2.05 bits per heavy atom. The number of carbonyl (C=O) groups is 2. The number of ether oxygens (including phenoxy) is 1. The van der Waals surface area contributed by atoms with Crippen molar-refractivity contribution in [3.05, 3.63) is 47.0 Å². The maximum Gasteiger partial charge on any atom is 0.358 e. The van der Waals surface area contributed by atoms with E-state index in [4.69, 9.17) is 4.74 Å². The highest BCUT2D eigenvalue weighted by atomic mass is 32.1. The van der Waals surface area contributed by atoms with E-state index in [1.54, 1.807) is 5.38 Å². The largest absolute Gasteiger partial charge is 0.458 e. The van der Waals surface area contributed by atoms with Gasteiger partial charge in [0.05, 0.1) is 0 Å². The van der Waals surface area contributed by atoms with Gasteiger partial charge in [0.2, 0.25) is 5.91 Å². The Morgan fingerprint density at radius 3 is 2.71 bits per heavy atom. The SMILES string of the molecule is CC(=O)Nc1nc(C(=O)O[C@H](C)Cc2ccccc2)cs1. The summed E-state index contributed by atoms with van der Waals surface area (Å²) >= 11 is 1.19. The quantitative estimate of drug-likeness (QED) is 0.862. The number of anilines is 1. The predicted molar refractivity (Wildman–Crippen MR) is 81.4 cm³/mol. The minimum absolute atomic E-state index is 0.212. The van der Waals surface area contributed by atoms with E-state index in [1.807, 2.05) is 37.3 Å². The second-order valence-corrected chi connectivity index (χ2v) is 5.48. The molecule has 0 unspecified atom stereocenters. The van der Waals surface area contributed by atoms with Gasteiger partial charge in [0.1, 0.15) is 6.10 Å². The lowest BCUT2D eigenvalue weighted by atomic mass is 10.1. The van der Waals surface area contributed by atoms with Gasteiger partial charge in [-0.05, 0) is 12.5 Å². The Bertz CT molecular complexity index is 625. The van der Waals surface area contributed by atoms with Gasteiger partial charge in [-0.2, -0.15) is 0 Å². The molecule has 1 atom stereocenters. The van der Waals surface area contributed by atoms with Gasteiger partial charge < -0.3 is 10.1 Å². The highest BCUT2D eigenvalue weighted by Crippen LogP contribution is 2.17. The van der Waals surface area contributed by atoms with Gasteiger partial charge in [-0.3, -0.25) is 4.79 Å². The van der Waals surface area contributed by atoms with Crippen LogP contribution in [0.15, 0.2) is 35.7 Å². The molecule has 0 fully saturated rings. The molecule has 0 spiro atoms. The fourth-order valence-electron chi connectivity index (χ4n) is 1.81. The summed E-state index contributed by atoms with van der Waals surface area (Å²) in [6.07, 6.45) is 0.403. The Morgan fingerprint density at radius 1 is 1.33 bits per heavy atom. The molecule has 1 N–H and O–H groups in total. The molecule has 0 aliphatic carbocycles. The normalized spacial score (nSPS) is 11.7. The molecule has 0 aliphatic heterocycles. The molecule has 1 amide bonds. The molecule has 1 aromatic heterocycles. The summed E-state index contributed by atoms with van der Waals surface area (Å²) in [7, 11) is 0. The van der Waals surface area contributed by atoms with Crippen LogP contribution in [0.5, 0.6) is 0 Å². The summed E-state index contributed by atoms with van der Waals surface area (Å²) in [5, 5.41) is 4.50. The van der Waals surface area contributed by atoms with Gasteiger partial charge >= 0.3 is 5.97 Å². The molecule has 21 heavy (non-hydrogen) atoms. The van der Waals surface area contributed by atoms with Crippen molar-refractivity contribution in [1.82, 2.24) is 4.98 Å². The molecule has 0 bridgehead atoms. The first-order valence-corrected chi connectivity index (χ1v) is 7.40. The molecule has 6 heteroatoms. The van der Waals surface area contributed by atoms with Crippen LogP contribution in [0, 0.1) is 0 Å². The van der Waals surface area contributed by atoms with Gasteiger partial charge in [-0.25, -0.2) is 9.78 Å². The minimum Gasteiger partial charge on any atom is -0.458 e. The molecule has 0 radical (unpaired) electrons. The van der Waals surface area contributed by atoms with Gasteiger partial charge in [0.25, 0.3) is 0 Å². The molecule has 2 rings (SSSR count). The van der Waals surface area contributed by atoms with E-state index in [1.165, 1.54) is 18.3 Å². The highest BCUT2D eigenvalue weighted by Gasteiger charge is 2.16.